The predicted molar refractivity (Wildman–Crippen MR) is 55.2 cm³/mol. The van der Waals surface area contributed by atoms with Crippen molar-refractivity contribution >= 4 is 17.3 Å². The minimum atomic E-state index is -4.42. The molecule has 0 atom stereocenters. The molecule has 0 heterocycles. The molecule has 1 aromatic carbocycles. The van der Waals surface area contributed by atoms with Crippen molar-refractivity contribution in [1.29, 1.82) is 5.26 Å². The summed E-state index contributed by atoms with van der Waals surface area (Å²) >= 11 is 5.56. The predicted octanol–water partition coefficient (Wildman–Crippen LogP) is 3.68. The second-order valence-electron chi connectivity index (χ2n) is 3.06. The van der Waals surface area contributed by atoms with Gasteiger partial charge in [-0.25, -0.2) is 0 Å². The van der Waals surface area contributed by atoms with Gasteiger partial charge < -0.3 is 5.32 Å². The van der Waals surface area contributed by atoms with E-state index in [9.17, 15) is 13.2 Å². The van der Waals surface area contributed by atoms with E-state index in [2.05, 4.69) is 5.32 Å². The Hall–Kier alpha value is -1.41. The molecular weight excluding hydrogens is 241 g/mol. The molecular formula is C10H8ClF3N2. The topological polar surface area (TPSA) is 35.8 Å². The van der Waals surface area contributed by atoms with E-state index in [1.807, 2.05) is 6.07 Å². The first kappa shape index (κ1) is 12.7. The molecule has 0 fully saturated rings. The van der Waals surface area contributed by atoms with Gasteiger partial charge in [0.15, 0.2) is 0 Å². The maximum atomic E-state index is 12.4. The van der Waals surface area contributed by atoms with E-state index in [1.54, 1.807) is 0 Å². The van der Waals surface area contributed by atoms with Gasteiger partial charge in [-0.15, -0.1) is 0 Å². The van der Waals surface area contributed by atoms with E-state index >= 15 is 0 Å². The molecule has 0 radical (unpaired) electrons. The number of benzene rings is 1. The Morgan fingerprint density at radius 1 is 1.31 bits per heavy atom. The summed E-state index contributed by atoms with van der Waals surface area (Å²) < 4.78 is 37.2. The quantitative estimate of drug-likeness (QED) is 0.828. The number of halogens is 4. The van der Waals surface area contributed by atoms with Crippen molar-refractivity contribution in [3.63, 3.8) is 0 Å². The van der Waals surface area contributed by atoms with Crippen LogP contribution in [-0.4, -0.2) is 6.54 Å². The molecule has 0 saturated carbocycles. The number of rotatable bonds is 3. The molecule has 0 amide bonds. The van der Waals surface area contributed by atoms with Gasteiger partial charge in [0.1, 0.15) is 0 Å². The lowest BCUT2D eigenvalue weighted by atomic mass is 10.2. The van der Waals surface area contributed by atoms with E-state index in [0.717, 1.165) is 12.1 Å². The number of nitrogens with one attached hydrogen (secondary N) is 1. The zero-order valence-electron chi connectivity index (χ0n) is 8.11. The van der Waals surface area contributed by atoms with E-state index in [-0.39, 0.29) is 23.7 Å². The standard InChI is InChI=1S/C10H8ClF3N2/c11-8-4-7(10(12,13)14)5-9(6-8)16-3-1-2-15/h4-6,16H,1,3H2. The molecule has 0 aliphatic heterocycles. The maximum Gasteiger partial charge on any atom is 0.416 e. The summed E-state index contributed by atoms with van der Waals surface area (Å²) in [7, 11) is 0. The first-order valence-electron chi connectivity index (χ1n) is 4.42. The molecule has 6 heteroatoms. The van der Waals surface area contributed by atoms with Crippen LogP contribution < -0.4 is 5.32 Å². The Balaban J connectivity index is 2.87. The molecule has 1 rings (SSSR count). The van der Waals surface area contributed by atoms with Crippen molar-refractivity contribution in [2.24, 2.45) is 0 Å². The number of hydrogen-bond donors (Lipinski definition) is 1. The van der Waals surface area contributed by atoms with Gasteiger partial charge in [0.05, 0.1) is 18.1 Å². The van der Waals surface area contributed by atoms with E-state index in [4.69, 9.17) is 16.9 Å². The molecule has 0 bridgehead atoms. The summed E-state index contributed by atoms with van der Waals surface area (Å²) in [6.07, 6.45) is -4.20. The Kier molecular flexibility index (Phi) is 4.02. The van der Waals surface area contributed by atoms with Crippen molar-refractivity contribution in [3.8, 4) is 6.07 Å². The van der Waals surface area contributed by atoms with Gasteiger partial charge in [0, 0.05) is 17.3 Å². The third-order valence-electron chi connectivity index (χ3n) is 1.79. The van der Waals surface area contributed by atoms with Crippen LogP contribution >= 0.6 is 11.6 Å². The van der Waals surface area contributed by atoms with Crippen LogP contribution in [0.4, 0.5) is 18.9 Å². The maximum absolute atomic E-state index is 12.4. The number of anilines is 1. The Morgan fingerprint density at radius 2 is 2.00 bits per heavy atom. The van der Waals surface area contributed by atoms with Crippen LogP contribution in [0.5, 0.6) is 0 Å². The second kappa shape index (κ2) is 5.08. The van der Waals surface area contributed by atoms with Crippen LogP contribution in [-0.2, 0) is 6.18 Å². The fourth-order valence-electron chi connectivity index (χ4n) is 1.12. The van der Waals surface area contributed by atoms with Gasteiger partial charge >= 0.3 is 6.18 Å². The summed E-state index contributed by atoms with van der Waals surface area (Å²) in [5, 5.41) is 11.0. The Bertz CT molecular complexity index is 410. The Morgan fingerprint density at radius 3 is 2.56 bits per heavy atom. The highest BCUT2D eigenvalue weighted by atomic mass is 35.5. The van der Waals surface area contributed by atoms with Crippen LogP contribution in [0.3, 0.4) is 0 Å². The van der Waals surface area contributed by atoms with Crippen LogP contribution in [0.25, 0.3) is 0 Å². The molecule has 2 nitrogen and oxygen atoms in total. The fourth-order valence-corrected chi connectivity index (χ4v) is 1.35. The molecule has 16 heavy (non-hydrogen) atoms. The van der Waals surface area contributed by atoms with Crippen molar-refractivity contribution in [2.45, 2.75) is 12.6 Å². The summed E-state index contributed by atoms with van der Waals surface area (Å²) in [5.74, 6) is 0. The minimum absolute atomic E-state index is 0.00860. The lowest BCUT2D eigenvalue weighted by molar-refractivity contribution is -0.137. The van der Waals surface area contributed by atoms with Crippen LogP contribution in [0.15, 0.2) is 18.2 Å². The molecule has 0 aliphatic rings. The normalized spacial score (nSPS) is 10.9. The monoisotopic (exact) mass is 248 g/mol. The average molecular weight is 249 g/mol. The molecule has 86 valence electrons. The summed E-state index contributed by atoms with van der Waals surface area (Å²) in [6.45, 7) is 0.286. The zero-order chi connectivity index (χ0) is 12.2. The fraction of sp³-hybridized carbons (Fsp3) is 0.300. The number of nitriles is 1. The largest absolute Gasteiger partial charge is 0.416 e. The first-order chi connectivity index (χ1) is 7.43. The lowest BCUT2D eigenvalue weighted by Gasteiger charge is -2.10. The van der Waals surface area contributed by atoms with Crippen molar-refractivity contribution in [1.82, 2.24) is 0 Å². The molecule has 0 aromatic heterocycles. The zero-order valence-corrected chi connectivity index (χ0v) is 8.86. The smallest absolute Gasteiger partial charge is 0.384 e. The minimum Gasteiger partial charge on any atom is -0.384 e. The Labute approximate surface area is 95.6 Å². The van der Waals surface area contributed by atoms with E-state index in [0.29, 0.717) is 0 Å². The van der Waals surface area contributed by atoms with Crippen molar-refractivity contribution in [3.05, 3.63) is 28.8 Å². The highest BCUT2D eigenvalue weighted by molar-refractivity contribution is 6.30. The molecule has 0 aliphatic carbocycles. The van der Waals surface area contributed by atoms with Gasteiger partial charge in [-0.2, -0.15) is 18.4 Å². The molecule has 1 N–H and O–H groups in total. The van der Waals surface area contributed by atoms with Gasteiger partial charge in [0.25, 0.3) is 0 Å². The number of nitrogens with zero attached hydrogens (tertiary/aromatic N) is 1. The summed E-state index contributed by atoms with van der Waals surface area (Å²) in [4.78, 5) is 0. The average Bonchev–Trinajstić information content (AvgIpc) is 2.16. The highest BCUT2D eigenvalue weighted by Gasteiger charge is 2.31. The van der Waals surface area contributed by atoms with Crippen LogP contribution in [0.1, 0.15) is 12.0 Å². The van der Waals surface area contributed by atoms with Gasteiger partial charge in [-0.05, 0) is 18.2 Å². The van der Waals surface area contributed by atoms with Crippen molar-refractivity contribution in [2.75, 3.05) is 11.9 Å². The van der Waals surface area contributed by atoms with Crippen molar-refractivity contribution < 1.29 is 13.2 Å². The van der Waals surface area contributed by atoms with Gasteiger partial charge in [0.2, 0.25) is 0 Å². The SMILES string of the molecule is N#CCCNc1cc(Cl)cc(C(F)(F)F)c1. The highest BCUT2D eigenvalue weighted by Crippen LogP contribution is 2.33. The summed E-state index contributed by atoms with van der Waals surface area (Å²) in [5.41, 5.74) is -0.547. The van der Waals surface area contributed by atoms with Crippen LogP contribution in [0, 0.1) is 11.3 Å². The third kappa shape index (κ3) is 3.63. The number of alkyl halides is 3. The van der Waals surface area contributed by atoms with Gasteiger partial charge in [-0.3, -0.25) is 0 Å². The van der Waals surface area contributed by atoms with Gasteiger partial charge in [-0.1, -0.05) is 11.6 Å². The molecule has 0 spiro atoms. The second-order valence-corrected chi connectivity index (χ2v) is 3.50. The first-order valence-corrected chi connectivity index (χ1v) is 4.80. The van der Waals surface area contributed by atoms with E-state index in [1.165, 1.54) is 6.07 Å². The molecule has 1 aromatic rings. The van der Waals surface area contributed by atoms with E-state index < -0.39 is 11.7 Å². The summed E-state index contributed by atoms with van der Waals surface area (Å²) in [6, 6.07) is 5.08. The molecule has 0 saturated heterocycles. The third-order valence-corrected chi connectivity index (χ3v) is 2.01. The lowest BCUT2D eigenvalue weighted by Crippen LogP contribution is -2.07. The molecule has 0 unspecified atom stereocenters. The number of hydrogen-bond acceptors (Lipinski definition) is 2. The van der Waals surface area contributed by atoms with Crippen LogP contribution in [0.2, 0.25) is 5.02 Å².